The van der Waals surface area contributed by atoms with Crippen molar-refractivity contribution >= 4 is 50.9 Å². The van der Waals surface area contributed by atoms with Crippen LogP contribution in [0.25, 0.3) is 6.08 Å². The van der Waals surface area contributed by atoms with Crippen molar-refractivity contribution in [2.24, 2.45) is 0 Å². The van der Waals surface area contributed by atoms with E-state index in [1.165, 1.54) is 36.4 Å². The van der Waals surface area contributed by atoms with E-state index in [1.807, 2.05) is 0 Å². The summed E-state index contributed by atoms with van der Waals surface area (Å²) in [6, 6.07) is 10.7. The van der Waals surface area contributed by atoms with Gasteiger partial charge in [0.2, 0.25) is 5.75 Å². The van der Waals surface area contributed by atoms with Crippen molar-refractivity contribution < 1.29 is 36.4 Å². The van der Waals surface area contributed by atoms with Crippen LogP contribution in [-0.4, -0.2) is 25.2 Å². The fourth-order valence-electron chi connectivity index (χ4n) is 3.43. The largest absolute Gasteiger partial charge is 0.419 e. The number of anilines is 1. The number of esters is 1. The number of nitrogens with zero attached hydrogens (tertiary/aromatic N) is 1. The number of hydrogen-bond acceptors (Lipinski definition) is 8. The van der Waals surface area contributed by atoms with Gasteiger partial charge in [-0.2, -0.15) is 0 Å². The lowest BCUT2D eigenvalue weighted by Gasteiger charge is -2.19. The first-order valence-electron chi connectivity index (χ1n) is 10.4. The van der Waals surface area contributed by atoms with Gasteiger partial charge >= 0.3 is 11.7 Å². The van der Waals surface area contributed by atoms with E-state index in [4.69, 9.17) is 4.74 Å². The number of rotatable bonds is 6. The first kappa shape index (κ1) is 26.0. The maximum absolute atomic E-state index is 14.0. The molecule has 3 aromatic rings. The maximum Gasteiger partial charge on any atom is 0.312 e. The summed E-state index contributed by atoms with van der Waals surface area (Å²) in [6.45, 7) is 1.10. The van der Waals surface area contributed by atoms with E-state index in [2.05, 4.69) is 5.32 Å². The second-order valence-corrected chi connectivity index (χ2v) is 10.8. The van der Waals surface area contributed by atoms with Gasteiger partial charge in [0.1, 0.15) is 11.6 Å². The molecule has 3 aromatic carbocycles. The zero-order valence-electron chi connectivity index (χ0n) is 18.9. The molecule has 13 heteroatoms. The van der Waals surface area contributed by atoms with E-state index in [0.717, 1.165) is 43.0 Å². The summed E-state index contributed by atoms with van der Waals surface area (Å²) in [5, 5.41) is 14.0. The third-order valence-electron chi connectivity index (χ3n) is 5.13. The van der Waals surface area contributed by atoms with E-state index in [0.29, 0.717) is 10.6 Å². The molecule has 0 spiro atoms. The molecule has 0 saturated heterocycles. The maximum atomic E-state index is 14.0. The van der Waals surface area contributed by atoms with Gasteiger partial charge < -0.3 is 10.1 Å². The van der Waals surface area contributed by atoms with Crippen LogP contribution < -0.4 is 10.1 Å². The third-order valence-corrected chi connectivity index (χ3v) is 7.85. The predicted octanol–water partition coefficient (Wildman–Crippen LogP) is 4.86. The lowest BCUT2D eigenvalue weighted by Crippen LogP contribution is -2.18. The van der Waals surface area contributed by atoms with Gasteiger partial charge in [-0.15, -0.1) is 0 Å². The number of benzene rings is 3. The Balaban J connectivity index is 1.65. The first-order valence-corrected chi connectivity index (χ1v) is 12.9. The minimum Gasteiger partial charge on any atom is -0.419 e. The molecule has 0 saturated carbocycles. The highest BCUT2D eigenvalue weighted by atomic mass is 32.2. The number of carbonyl (C=O) groups is 2. The molecular weight excluding hydrogens is 530 g/mol. The molecule has 190 valence electrons. The summed E-state index contributed by atoms with van der Waals surface area (Å²) < 4.78 is 58.6. The second kappa shape index (κ2) is 10.1. The van der Waals surface area contributed by atoms with E-state index in [9.17, 15) is 36.9 Å². The molecule has 37 heavy (non-hydrogen) atoms. The van der Waals surface area contributed by atoms with E-state index < -0.39 is 55.3 Å². The highest BCUT2D eigenvalue weighted by molar-refractivity contribution is 8.04. The summed E-state index contributed by atoms with van der Waals surface area (Å²) in [4.78, 5) is 34.6. The molecule has 0 unspecified atom stereocenters. The van der Waals surface area contributed by atoms with Gasteiger partial charge in [0, 0.05) is 23.4 Å². The molecule has 1 aliphatic heterocycles. The van der Waals surface area contributed by atoms with Crippen LogP contribution in [0.15, 0.2) is 69.3 Å². The van der Waals surface area contributed by atoms with Gasteiger partial charge in [0.25, 0.3) is 5.91 Å². The van der Waals surface area contributed by atoms with Crippen molar-refractivity contribution in [3.05, 3.63) is 92.4 Å². The lowest BCUT2D eigenvalue weighted by molar-refractivity contribution is -0.385. The Morgan fingerprint density at radius 2 is 1.84 bits per heavy atom. The van der Waals surface area contributed by atoms with Crippen molar-refractivity contribution in [3.63, 3.8) is 0 Å². The Kier molecular flexibility index (Phi) is 7.09. The van der Waals surface area contributed by atoms with Gasteiger partial charge in [-0.05, 0) is 48.0 Å². The Morgan fingerprint density at radius 3 is 2.49 bits per heavy atom. The topological polar surface area (TPSA) is 133 Å². The Hall–Kier alpha value is -4.10. The number of ether oxygens (including phenoxy) is 1. The number of nitro groups is 1. The molecule has 1 heterocycles. The molecule has 9 nitrogen and oxygen atoms in total. The van der Waals surface area contributed by atoms with Crippen molar-refractivity contribution in [1.29, 1.82) is 0 Å². The monoisotopic (exact) mass is 546 g/mol. The normalized spacial score (nSPS) is 14.1. The number of hydrogen-bond donors (Lipinski definition) is 1. The third kappa shape index (κ3) is 5.67. The number of halogens is 2. The summed E-state index contributed by atoms with van der Waals surface area (Å²) in [7, 11) is -4.15. The highest BCUT2D eigenvalue weighted by Gasteiger charge is 2.26. The van der Waals surface area contributed by atoms with Crippen molar-refractivity contribution in [2.75, 3.05) is 5.32 Å². The lowest BCUT2D eigenvalue weighted by atomic mass is 10.1. The van der Waals surface area contributed by atoms with Gasteiger partial charge in [-0.1, -0.05) is 23.9 Å². The van der Waals surface area contributed by atoms with Crippen molar-refractivity contribution in [1.82, 2.24) is 0 Å². The number of nitrogens with one attached hydrogen (secondary N) is 1. The van der Waals surface area contributed by atoms with Crippen LogP contribution in [0.3, 0.4) is 0 Å². The minimum atomic E-state index is -4.15. The van der Waals surface area contributed by atoms with E-state index in [-0.39, 0.29) is 21.1 Å². The summed E-state index contributed by atoms with van der Waals surface area (Å²) in [5.41, 5.74) is -0.498. The molecule has 0 fully saturated rings. The molecule has 0 aromatic heterocycles. The molecule has 0 radical (unpaired) electrons. The SMILES string of the molecule is CC(=O)Oc1ccc(/C=C2/Sc3cc(S(=O)(=O)Cc4c(F)cccc4F)ccc3NC2=O)cc1[N+](=O)[O-]. The minimum absolute atomic E-state index is 0.0942. The van der Waals surface area contributed by atoms with Gasteiger partial charge in [-0.25, -0.2) is 17.2 Å². The Bertz CT molecular complexity index is 1580. The Morgan fingerprint density at radius 1 is 1.14 bits per heavy atom. The van der Waals surface area contributed by atoms with Crippen molar-refractivity contribution in [3.8, 4) is 5.75 Å². The average Bonchev–Trinajstić information content (AvgIpc) is 2.82. The van der Waals surface area contributed by atoms with Crippen molar-refractivity contribution in [2.45, 2.75) is 22.5 Å². The number of amides is 1. The molecule has 1 aliphatic rings. The number of carbonyl (C=O) groups excluding carboxylic acids is 2. The van der Waals surface area contributed by atoms with Crippen LogP contribution in [0.4, 0.5) is 20.2 Å². The molecule has 0 aliphatic carbocycles. The molecule has 0 bridgehead atoms. The Labute approximate surface area is 213 Å². The van der Waals surface area contributed by atoms with Crippen LogP contribution in [-0.2, 0) is 25.2 Å². The summed E-state index contributed by atoms with van der Waals surface area (Å²) >= 11 is 0.913. The van der Waals surface area contributed by atoms with Gasteiger partial charge in [0.05, 0.1) is 26.2 Å². The smallest absolute Gasteiger partial charge is 0.312 e. The standard InChI is InChI=1S/C24H16F2N2O7S2/c1-13(29)35-21-8-5-14(9-20(21)28(31)32)10-23-24(30)27-19-7-6-15(11-22(19)36-23)37(33,34)12-16-17(25)3-2-4-18(16)26/h2-11H,12H2,1H3,(H,27,30)/b23-10+. The second-order valence-electron chi connectivity index (χ2n) is 7.76. The molecular formula is C24H16F2N2O7S2. The summed E-state index contributed by atoms with van der Waals surface area (Å²) in [6.07, 6.45) is 1.35. The highest BCUT2D eigenvalue weighted by Crippen LogP contribution is 2.41. The average molecular weight is 547 g/mol. The fraction of sp³-hybridized carbons (Fsp3) is 0.0833. The number of thioether (sulfide) groups is 1. The van der Waals surface area contributed by atoms with Crippen LogP contribution in [0, 0.1) is 21.7 Å². The molecule has 1 N–H and O–H groups in total. The first-order chi connectivity index (χ1) is 17.4. The van der Waals surface area contributed by atoms with E-state index in [1.54, 1.807) is 0 Å². The predicted molar refractivity (Wildman–Crippen MR) is 131 cm³/mol. The quantitative estimate of drug-likeness (QED) is 0.152. The molecule has 1 amide bonds. The summed E-state index contributed by atoms with van der Waals surface area (Å²) in [5.74, 6) is -4.40. The fourth-order valence-corrected chi connectivity index (χ4v) is 5.89. The number of fused-ring (bicyclic) bond motifs is 1. The molecule has 4 rings (SSSR count). The van der Waals surface area contributed by atoms with E-state index >= 15 is 0 Å². The van der Waals surface area contributed by atoms with Crippen LogP contribution in [0.5, 0.6) is 5.75 Å². The van der Waals surface area contributed by atoms with Crippen LogP contribution >= 0.6 is 11.8 Å². The van der Waals surface area contributed by atoms with Crippen LogP contribution in [0.1, 0.15) is 18.1 Å². The number of nitro benzene ring substituents is 1. The number of sulfone groups is 1. The van der Waals surface area contributed by atoms with Crippen LogP contribution in [0.2, 0.25) is 0 Å². The van der Waals surface area contributed by atoms with Gasteiger partial charge in [0.15, 0.2) is 9.84 Å². The molecule has 0 atom stereocenters. The zero-order chi connectivity index (χ0) is 26.9. The van der Waals surface area contributed by atoms with Gasteiger partial charge in [-0.3, -0.25) is 19.7 Å². The zero-order valence-corrected chi connectivity index (χ0v) is 20.5.